The van der Waals surface area contributed by atoms with Crippen molar-refractivity contribution in [2.45, 2.75) is 11.8 Å². The number of anilines is 1. The summed E-state index contributed by atoms with van der Waals surface area (Å²) in [6, 6.07) is 7.41. The molecule has 0 spiro atoms. The third kappa shape index (κ3) is 2.68. The third-order valence-electron chi connectivity index (χ3n) is 3.04. The van der Waals surface area contributed by atoms with Crippen LogP contribution in [0.5, 0.6) is 0 Å². The van der Waals surface area contributed by atoms with Crippen LogP contribution in [-0.4, -0.2) is 28.8 Å². The van der Waals surface area contributed by atoms with Crippen molar-refractivity contribution < 1.29 is 21.7 Å². The Balaban J connectivity index is 2.83. The molecule has 8 heteroatoms. The first kappa shape index (κ1) is 14.9. The highest BCUT2D eigenvalue weighted by Gasteiger charge is 2.14. The average Bonchev–Trinajstić information content (AvgIpc) is 2.37. The number of rotatable bonds is 3. The van der Waals surface area contributed by atoms with Gasteiger partial charge >= 0.3 is 0 Å². The smallest absolute Gasteiger partial charge is 0.294 e. The number of fused-ring (bicyclic) bond motifs is 1. The molecule has 20 heavy (non-hydrogen) atoms. The molecule has 6 nitrogen and oxygen atoms in total. The summed E-state index contributed by atoms with van der Waals surface area (Å²) in [7, 11) is -2.99. The molecule has 1 atom stereocenters. The van der Waals surface area contributed by atoms with Crippen molar-refractivity contribution in [3.05, 3.63) is 35.9 Å². The van der Waals surface area contributed by atoms with E-state index in [4.69, 9.17) is 4.55 Å². The van der Waals surface area contributed by atoms with Crippen LogP contribution >= 0.6 is 0 Å². The Morgan fingerprint density at radius 3 is 2.40 bits per heavy atom. The maximum Gasteiger partial charge on any atom is 0.294 e. The molecule has 2 aromatic rings. The second-order valence-electron chi connectivity index (χ2n) is 4.30. The van der Waals surface area contributed by atoms with E-state index in [1.54, 1.807) is 18.2 Å². The highest BCUT2D eigenvalue weighted by atomic mass is 32.2. The third-order valence-corrected chi connectivity index (χ3v) is 4.54. The molecule has 1 unspecified atom stereocenters. The summed E-state index contributed by atoms with van der Waals surface area (Å²) in [6.07, 6.45) is 0. The molecule has 0 heterocycles. The Morgan fingerprint density at radius 2 is 1.85 bits per heavy atom. The molecular formula is C12H12NO5S2-. The van der Waals surface area contributed by atoms with Gasteiger partial charge < -0.3 is 8.86 Å². The summed E-state index contributed by atoms with van der Waals surface area (Å²) in [5, 5.41) is 1.15. The van der Waals surface area contributed by atoms with Gasteiger partial charge in [0.1, 0.15) is 0 Å². The molecule has 0 saturated heterocycles. The number of hydrogen-bond donors (Lipinski definition) is 1. The highest BCUT2D eigenvalue weighted by molar-refractivity contribution is 7.85. The molecule has 0 bridgehead atoms. The zero-order valence-electron chi connectivity index (χ0n) is 10.7. The molecule has 0 aliphatic rings. The van der Waals surface area contributed by atoms with Crippen molar-refractivity contribution in [1.29, 1.82) is 0 Å². The molecule has 0 radical (unpaired) electrons. The zero-order chi connectivity index (χ0) is 15.1. The van der Waals surface area contributed by atoms with Crippen LogP contribution in [0.25, 0.3) is 10.8 Å². The fraction of sp³-hybridized carbons (Fsp3) is 0.167. The largest absolute Gasteiger partial charge is 0.755 e. The Bertz CT molecular complexity index is 801. The second kappa shape index (κ2) is 5.13. The standard InChI is InChI=1S/C12H13NO5S2/c1-8-3-6-12(13(2)19(14)15)11-7-9(20(16,17)18)4-5-10(8)11/h3-7H,1-2H3,(H,14,15)(H,16,17,18)/p-1. The molecule has 1 N–H and O–H groups in total. The van der Waals surface area contributed by atoms with E-state index in [2.05, 4.69) is 0 Å². The molecule has 0 fully saturated rings. The van der Waals surface area contributed by atoms with E-state index in [-0.39, 0.29) is 4.90 Å². The van der Waals surface area contributed by atoms with Crippen molar-refractivity contribution in [1.82, 2.24) is 0 Å². The van der Waals surface area contributed by atoms with E-state index in [1.165, 1.54) is 19.2 Å². The summed E-state index contributed by atoms with van der Waals surface area (Å²) in [4.78, 5) is -0.276. The van der Waals surface area contributed by atoms with Gasteiger partial charge in [-0.1, -0.05) is 12.1 Å². The molecule has 0 aliphatic heterocycles. The normalized spacial score (nSPS) is 13.4. The summed E-state index contributed by atoms with van der Waals surface area (Å²) in [5.41, 5.74) is 1.21. The lowest BCUT2D eigenvalue weighted by atomic mass is 10.0. The van der Waals surface area contributed by atoms with Crippen LogP contribution in [-0.2, 0) is 21.4 Å². The summed E-state index contributed by atoms with van der Waals surface area (Å²) in [6.45, 7) is 1.83. The lowest BCUT2D eigenvalue weighted by Gasteiger charge is -2.23. The van der Waals surface area contributed by atoms with E-state index < -0.39 is 21.4 Å². The van der Waals surface area contributed by atoms with Gasteiger partial charge in [-0.25, -0.2) is 0 Å². The Hall–Kier alpha value is -1.48. The lowest BCUT2D eigenvalue weighted by molar-refractivity contribution is 0.483. The van der Waals surface area contributed by atoms with Crippen LogP contribution in [0.1, 0.15) is 5.56 Å². The first-order chi connectivity index (χ1) is 9.21. The van der Waals surface area contributed by atoms with E-state index in [0.717, 1.165) is 9.87 Å². The predicted octanol–water partition coefficient (Wildman–Crippen LogP) is 1.63. The van der Waals surface area contributed by atoms with Crippen LogP contribution in [0.4, 0.5) is 5.69 Å². The number of nitrogens with zero attached hydrogens (tertiary/aromatic N) is 1. The Kier molecular flexibility index (Phi) is 3.83. The van der Waals surface area contributed by atoms with Crippen molar-refractivity contribution >= 4 is 37.8 Å². The van der Waals surface area contributed by atoms with Crippen molar-refractivity contribution in [3.8, 4) is 0 Å². The maximum absolute atomic E-state index is 11.2. The van der Waals surface area contributed by atoms with Gasteiger partial charge in [0, 0.05) is 23.7 Å². The van der Waals surface area contributed by atoms with Gasteiger partial charge in [0.25, 0.3) is 10.1 Å². The van der Waals surface area contributed by atoms with Crippen LogP contribution in [0.3, 0.4) is 0 Å². The SMILES string of the molecule is Cc1ccc(N(C)S(=O)[O-])c2cc(S(=O)(=O)O)ccc12. The minimum absolute atomic E-state index is 0.276. The van der Waals surface area contributed by atoms with Crippen LogP contribution in [0, 0.1) is 6.92 Å². The van der Waals surface area contributed by atoms with Crippen LogP contribution in [0.2, 0.25) is 0 Å². The fourth-order valence-electron chi connectivity index (χ4n) is 1.98. The summed E-state index contributed by atoms with van der Waals surface area (Å²) >= 11 is -2.48. The van der Waals surface area contributed by atoms with Gasteiger partial charge in [0.2, 0.25) is 0 Å². The average molecular weight is 314 g/mol. The lowest BCUT2D eigenvalue weighted by Crippen LogP contribution is -2.19. The predicted molar refractivity (Wildman–Crippen MR) is 75.8 cm³/mol. The monoisotopic (exact) mass is 314 g/mol. The van der Waals surface area contributed by atoms with Gasteiger partial charge in [-0.05, 0) is 36.1 Å². The first-order valence-corrected chi connectivity index (χ1v) is 8.03. The van der Waals surface area contributed by atoms with E-state index in [0.29, 0.717) is 16.5 Å². The zero-order valence-corrected chi connectivity index (χ0v) is 12.4. The van der Waals surface area contributed by atoms with E-state index in [9.17, 15) is 17.2 Å². The number of hydrogen-bond acceptors (Lipinski definition) is 4. The van der Waals surface area contributed by atoms with E-state index in [1.807, 2.05) is 6.92 Å². The number of benzene rings is 2. The molecule has 2 aromatic carbocycles. The number of aryl methyl sites for hydroxylation is 1. The van der Waals surface area contributed by atoms with Gasteiger partial charge in [-0.15, -0.1) is 0 Å². The summed E-state index contributed by atoms with van der Waals surface area (Å²) in [5.74, 6) is 0. The Morgan fingerprint density at radius 1 is 1.20 bits per heavy atom. The maximum atomic E-state index is 11.2. The topological polar surface area (TPSA) is 97.7 Å². The molecule has 0 aliphatic carbocycles. The molecule has 0 amide bonds. The van der Waals surface area contributed by atoms with Crippen LogP contribution in [0.15, 0.2) is 35.2 Å². The van der Waals surface area contributed by atoms with Gasteiger partial charge in [0.05, 0.1) is 10.6 Å². The molecule has 108 valence electrons. The minimum Gasteiger partial charge on any atom is -0.755 e. The quantitative estimate of drug-likeness (QED) is 0.686. The van der Waals surface area contributed by atoms with Crippen LogP contribution < -0.4 is 4.31 Å². The van der Waals surface area contributed by atoms with Gasteiger partial charge in [0.15, 0.2) is 0 Å². The molecular weight excluding hydrogens is 302 g/mol. The minimum atomic E-state index is -4.34. The van der Waals surface area contributed by atoms with Crippen molar-refractivity contribution in [2.24, 2.45) is 0 Å². The van der Waals surface area contributed by atoms with Gasteiger partial charge in [-0.2, -0.15) is 8.42 Å². The molecule has 2 rings (SSSR count). The second-order valence-corrected chi connectivity index (χ2v) is 6.70. The summed E-state index contributed by atoms with van der Waals surface area (Å²) < 4.78 is 54.6. The molecule has 0 aromatic heterocycles. The molecule has 0 saturated carbocycles. The highest BCUT2D eigenvalue weighted by Crippen LogP contribution is 2.31. The van der Waals surface area contributed by atoms with Gasteiger partial charge in [-0.3, -0.25) is 8.76 Å². The Labute approximate surface area is 119 Å². The van der Waals surface area contributed by atoms with Crippen molar-refractivity contribution in [3.63, 3.8) is 0 Å². The van der Waals surface area contributed by atoms with Crippen molar-refractivity contribution in [2.75, 3.05) is 11.4 Å². The van der Waals surface area contributed by atoms with E-state index >= 15 is 0 Å². The first-order valence-electron chi connectivity index (χ1n) is 5.56. The fourth-order valence-corrected chi connectivity index (χ4v) is 2.80.